The van der Waals surface area contributed by atoms with Crippen LogP contribution in [0.5, 0.6) is 0 Å². The van der Waals surface area contributed by atoms with Gasteiger partial charge in [0.1, 0.15) is 0 Å². The minimum Gasteiger partial charge on any atom is -0.224 e. The molecule has 1 aromatic carbocycles. The highest BCUT2D eigenvalue weighted by Gasteiger charge is 2.20. The highest BCUT2D eigenvalue weighted by molar-refractivity contribution is 7.91. The first-order valence-electron chi connectivity index (χ1n) is 5.06. The molecule has 0 bridgehead atoms. The summed E-state index contributed by atoms with van der Waals surface area (Å²) in [5.74, 6) is -0.598. The molecule has 0 aromatic heterocycles. The second-order valence-corrected chi connectivity index (χ2v) is 6.08. The maximum Gasteiger partial charge on any atom is 0.179 e. The number of aryl methyl sites for hydroxylation is 2. The first-order valence-corrected chi connectivity index (χ1v) is 6.71. The topological polar surface area (TPSA) is 57.9 Å². The van der Waals surface area contributed by atoms with Crippen LogP contribution in [0.2, 0.25) is 0 Å². The lowest BCUT2D eigenvalue weighted by atomic mass is 10.2. The summed E-state index contributed by atoms with van der Waals surface area (Å²) in [6.45, 7) is 5.30. The van der Waals surface area contributed by atoms with Gasteiger partial charge >= 0.3 is 0 Å². The van der Waals surface area contributed by atoms with E-state index < -0.39 is 15.8 Å². The third-order valence-electron chi connectivity index (χ3n) is 2.36. The van der Waals surface area contributed by atoms with Crippen LogP contribution in [-0.2, 0) is 9.84 Å². The van der Waals surface area contributed by atoms with Crippen molar-refractivity contribution in [1.82, 2.24) is 0 Å². The molecule has 0 spiro atoms. The molecule has 0 heterocycles. The average Bonchev–Trinajstić information content (AvgIpc) is 2.16. The number of hydrogen-bond acceptors (Lipinski definition) is 3. The zero-order chi connectivity index (χ0) is 12.3. The molecule has 16 heavy (non-hydrogen) atoms. The van der Waals surface area contributed by atoms with Crippen LogP contribution >= 0.6 is 0 Å². The largest absolute Gasteiger partial charge is 0.224 e. The molecule has 3 nitrogen and oxygen atoms in total. The Balaban J connectivity index is 3.14. The minimum atomic E-state index is -3.34. The lowest BCUT2D eigenvalue weighted by Gasteiger charge is -2.09. The molecule has 0 aliphatic rings. The van der Waals surface area contributed by atoms with Crippen molar-refractivity contribution in [3.8, 4) is 6.07 Å². The molecule has 0 saturated carbocycles. The summed E-state index contributed by atoms with van der Waals surface area (Å²) in [6.07, 6.45) is 0. The number of sulfone groups is 1. The summed E-state index contributed by atoms with van der Waals surface area (Å²) in [7, 11) is -3.34. The molecule has 0 radical (unpaired) electrons. The molecule has 4 heteroatoms. The highest BCUT2D eigenvalue weighted by atomic mass is 32.2. The lowest BCUT2D eigenvalue weighted by Crippen LogP contribution is -2.14. The van der Waals surface area contributed by atoms with Crippen molar-refractivity contribution >= 4 is 9.84 Å². The Labute approximate surface area is 96.6 Å². The third-order valence-corrected chi connectivity index (χ3v) is 4.42. The van der Waals surface area contributed by atoms with Gasteiger partial charge in [0.15, 0.2) is 9.84 Å². The van der Waals surface area contributed by atoms with Crippen LogP contribution in [0.3, 0.4) is 0 Å². The fraction of sp³-hybridized carbons (Fsp3) is 0.417. The van der Waals surface area contributed by atoms with Gasteiger partial charge in [-0.05, 0) is 32.4 Å². The zero-order valence-electron chi connectivity index (χ0n) is 9.69. The summed E-state index contributed by atoms with van der Waals surface area (Å²) in [4.78, 5) is 0.334. The van der Waals surface area contributed by atoms with Gasteiger partial charge in [0, 0.05) is 0 Å². The van der Waals surface area contributed by atoms with E-state index in [2.05, 4.69) is 0 Å². The molecular weight excluding hydrogens is 222 g/mol. The van der Waals surface area contributed by atoms with E-state index >= 15 is 0 Å². The van der Waals surface area contributed by atoms with Gasteiger partial charge in [-0.3, -0.25) is 0 Å². The number of rotatable bonds is 3. The molecule has 1 atom stereocenters. The summed E-state index contributed by atoms with van der Waals surface area (Å²) < 4.78 is 24.0. The van der Waals surface area contributed by atoms with Gasteiger partial charge < -0.3 is 0 Å². The van der Waals surface area contributed by atoms with E-state index in [4.69, 9.17) is 5.26 Å². The SMILES string of the molecule is Cc1ccc(S(=O)(=O)CC(C)C#N)c(C)c1. The van der Waals surface area contributed by atoms with E-state index in [9.17, 15) is 8.42 Å². The van der Waals surface area contributed by atoms with Crippen molar-refractivity contribution in [2.75, 3.05) is 5.75 Å². The van der Waals surface area contributed by atoms with Gasteiger partial charge in [-0.1, -0.05) is 17.7 Å². The second kappa shape index (κ2) is 4.67. The van der Waals surface area contributed by atoms with Gasteiger partial charge in [0.05, 0.1) is 22.6 Å². The first-order chi connectivity index (χ1) is 7.36. The molecule has 1 unspecified atom stereocenters. The molecule has 1 rings (SSSR count). The molecule has 1 aromatic rings. The Kier molecular flexibility index (Phi) is 3.71. The van der Waals surface area contributed by atoms with Crippen molar-refractivity contribution in [2.45, 2.75) is 25.7 Å². The standard InChI is InChI=1S/C12H15NO2S/c1-9-4-5-12(11(3)6-9)16(14,15)8-10(2)7-13/h4-6,10H,8H2,1-3H3. The summed E-state index contributed by atoms with van der Waals surface area (Å²) in [5.41, 5.74) is 1.77. The van der Waals surface area contributed by atoms with Crippen LogP contribution in [-0.4, -0.2) is 14.2 Å². The van der Waals surface area contributed by atoms with E-state index in [1.165, 1.54) is 0 Å². The van der Waals surface area contributed by atoms with Crippen molar-refractivity contribution in [2.24, 2.45) is 5.92 Å². The fourth-order valence-electron chi connectivity index (χ4n) is 1.60. The fourth-order valence-corrected chi connectivity index (χ4v) is 3.34. The predicted octanol–water partition coefficient (Wildman–Crippen LogP) is 2.24. The Hall–Kier alpha value is -1.34. The van der Waals surface area contributed by atoms with Crippen LogP contribution in [0.1, 0.15) is 18.1 Å². The molecule has 0 saturated heterocycles. The number of hydrogen-bond donors (Lipinski definition) is 0. The van der Waals surface area contributed by atoms with Gasteiger partial charge in [-0.15, -0.1) is 0 Å². The minimum absolute atomic E-state index is 0.118. The number of nitrogens with zero attached hydrogens (tertiary/aromatic N) is 1. The number of nitriles is 1. The van der Waals surface area contributed by atoms with E-state index in [0.717, 1.165) is 11.1 Å². The van der Waals surface area contributed by atoms with Crippen LogP contribution in [0.4, 0.5) is 0 Å². The van der Waals surface area contributed by atoms with E-state index in [-0.39, 0.29) is 5.75 Å². The normalized spacial score (nSPS) is 13.1. The average molecular weight is 237 g/mol. The summed E-state index contributed by atoms with van der Waals surface area (Å²) in [6, 6.07) is 7.17. The molecule has 0 aliphatic carbocycles. The Morgan fingerprint density at radius 1 is 1.38 bits per heavy atom. The number of benzene rings is 1. The summed E-state index contributed by atoms with van der Waals surface area (Å²) >= 11 is 0. The van der Waals surface area contributed by atoms with Crippen molar-refractivity contribution in [1.29, 1.82) is 5.26 Å². The second-order valence-electron chi connectivity index (χ2n) is 4.08. The predicted molar refractivity (Wildman–Crippen MR) is 62.7 cm³/mol. The van der Waals surface area contributed by atoms with Crippen LogP contribution < -0.4 is 0 Å². The maximum absolute atomic E-state index is 12.0. The van der Waals surface area contributed by atoms with Crippen molar-refractivity contribution < 1.29 is 8.42 Å². The first kappa shape index (κ1) is 12.7. The molecule has 0 N–H and O–H groups in total. The molecule has 0 amide bonds. The van der Waals surface area contributed by atoms with E-state index in [1.54, 1.807) is 26.0 Å². The Bertz CT molecular complexity index is 526. The lowest BCUT2D eigenvalue weighted by molar-refractivity contribution is 0.588. The summed E-state index contributed by atoms with van der Waals surface area (Å²) in [5, 5.41) is 8.64. The Morgan fingerprint density at radius 2 is 2.00 bits per heavy atom. The van der Waals surface area contributed by atoms with Crippen LogP contribution in [0.15, 0.2) is 23.1 Å². The molecular formula is C12H15NO2S. The molecule has 0 fully saturated rings. The van der Waals surface area contributed by atoms with Crippen LogP contribution in [0, 0.1) is 31.1 Å². The van der Waals surface area contributed by atoms with Gasteiger partial charge in [-0.2, -0.15) is 5.26 Å². The van der Waals surface area contributed by atoms with Gasteiger partial charge in [0.25, 0.3) is 0 Å². The smallest absolute Gasteiger partial charge is 0.179 e. The Morgan fingerprint density at radius 3 is 2.50 bits per heavy atom. The maximum atomic E-state index is 12.0. The van der Waals surface area contributed by atoms with Crippen LogP contribution in [0.25, 0.3) is 0 Å². The zero-order valence-corrected chi connectivity index (χ0v) is 10.5. The van der Waals surface area contributed by atoms with E-state index in [1.807, 2.05) is 19.1 Å². The van der Waals surface area contributed by atoms with Gasteiger partial charge in [0.2, 0.25) is 0 Å². The van der Waals surface area contributed by atoms with Gasteiger partial charge in [-0.25, -0.2) is 8.42 Å². The van der Waals surface area contributed by atoms with Crippen molar-refractivity contribution in [3.05, 3.63) is 29.3 Å². The highest BCUT2D eigenvalue weighted by Crippen LogP contribution is 2.19. The third kappa shape index (κ3) is 2.83. The monoisotopic (exact) mass is 237 g/mol. The molecule has 86 valence electrons. The van der Waals surface area contributed by atoms with E-state index in [0.29, 0.717) is 4.90 Å². The quantitative estimate of drug-likeness (QED) is 0.810. The van der Waals surface area contributed by atoms with Crippen molar-refractivity contribution in [3.63, 3.8) is 0 Å². The molecule has 0 aliphatic heterocycles.